The predicted molar refractivity (Wildman–Crippen MR) is 68.3 cm³/mol. The molecule has 0 aliphatic rings. The smallest absolute Gasteiger partial charge is 0.0687 e. The normalized spacial score (nSPS) is 10.1. The molecule has 80 valence electrons. The molecule has 2 aromatic carbocycles. The van der Waals surface area contributed by atoms with Crippen molar-refractivity contribution in [1.29, 1.82) is 5.41 Å². The molecule has 0 aliphatic heterocycles. The van der Waals surface area contributed by atoms with Gasteiger partial charge in [0.05, 0.1) is 5.71 Å². The third-order valence-electron chi connectivity index (χ3n) is 2.94. The summed E-state index contributed by atoms with van der Waals surface area (Å²) in [7, 11) is 0. The average Bonchev–Trinajstić information content (AvgIpc) is 2.33. The molecule has 0 bridgehead atoms. The van der Waals surface area contributed by atoms with Gasteiger partial charge in [0, 0.05) is 11.1 Å². The summed E-state index contributed by atoms with van der Waals surface area (Å²) in [6.45, 7) is 4.15. The zero-order valence-corrected chi connectivity index (χ0v) is 9.62. The monoisotopic (exact) mass is 209 g/mol. The van der Waals surface area contributed by atoms with Gasteiger partial charge in [0.15, 0.2) is 0 Å². The molecular formula is C15H15N. The highest BCUT2D eigenvalue weighted by Gasteiger charge is 2.07. The fourth-order valence-corrected chi connectivity index (χ4v) is 1.78. The van der Waals surface area contributed by atoms with Crippen LogP contribution < -0.4 is 0 Å². The minimum absolute atomic E-state index is 0.599. The van der Waals surface area contributed by atoms with E-state index in [2.05, 4.69) is 19.9 Å². The van der Waals surface area contributed by atoms with Crippen molar-refractivity contribution >= 4 is 5.71 Å². The van der Waals surface area contributed by atoms with Crippen molar-refractivity contribution in [2.45, 2.75) is 13.8 Å². The lowest BCUT2D eigenvalue weighted by Crippen LogP contribution is -2.04. The summed E-state index contributed by atoms with van der Waals surface area (Å²) >= 11 is 0. The van der Waals surface area contributed by atoms with Crippen LogP contribution in [0.25, 0.3) is 0 Å². The van der Waals surface area contributed by atoms with E-state index in [1.807, 2.05) is 42.5 Å². The molecule has 0 fully saturated rings. The number of hydrogen-bond acceptors (Lipinski definition) is 1. The van der Waals surface area contributed by atoms with Gasteiger partial charge in [-0.1, -0.05) is 48.5 Å². The van der Waals surface area contributed by atoms with Gasteiger partial charge in [-0.15, -0.1) is 0 Å². The molecular weight excluding hydrogens is 194 g/mol. The molecule has 0 saturated heterocycles. The third kappa shape index (κ3) is 1.89. The lowest BCUT2D eigenvalue weighted by molar-refractivity contribution is 1.31. The van der Waals surface area contributed by atoms with Crippen LogP contribution in [0.4, 0.5) is 0 Å². The summed E-state index contributed by atoms with van der Waals surface area (Å²) in [5, 5.41) is 8.21. The second-order valence-electron chi connectivity index (χ2n) is 3.99. The number of hydrogen-bond donors (Lipinski definition) is 1. The summed E-state index contributed by atoms with van der Waals surface area (Å²) < 4.78 is 0. The molecule has 1 nitrogen and oxygen atoms in total. The number of aryl methyl sites for hydroxylation is 1. The first kappa shape index (κ1) is 10.6. The summed E-state index contributed by atoms with van der Waals surface area (Å²) in [6, 6.07) is 16.0. The Morgan fingerprint density at radius 1 is 0.875 bits per heavy atom. The van der Waals surface area contributed by atoms with Crippen LogP contribution in [-0.2, 0) is 0 Å². The van der Waals surface area contributed by atoms with E-state index in [-0.39, 0.29) is 0 Å². The van der Waals surface area contributed by atoms with Crippen LogP contribution in [0.2, 0.25) is 0 Å². The van der Waals surface area contributed by atoms with Crippen molar-refractivity contribution in [1.82, 2.24) is 0 Å². The molecule has 0 aliphatic carbocycles. The van der Waals surface area contributed by atoms with Crippen LogP contribution in [-0.4, -0.2) is 5.71 Å². The molecule has 0 unspecified atom stereocenters. The van der Waals surface area contributed by atoms with Gasteiger partial charge in [-0.05, 0) is 25.0 Å². The zero-order valence-electron chi connectivity index (χ0n) is 9.62. The highest BCUT2D eigenvalue weighted by atomic mass is 14.4. The molecule has 1 heteroatoms. The van der Waals surface area contributed by atoms with E-state index in [1.165, 1.54) is 11.1 Å². The molecule has 0 radical (unpaired) electrons. The van der Waals surface area contributed by atoms with Gasteiger partial charge in [-0.3, -0.25) is 5.41 Å². The minimum Gasteiger partial charge on any atom is -0.300 e. The lowest BCUT2D eigenvalue weighted by atomic mass is 9.96. The van der Waals surface area contributed by atoms with Crippen LogP contribution in [0.15, 0.2) is 48.5 Å². The fourth-order valence-electron chi connectivity index (χ4n) is 1.78. The van der Waals surface area contributed by atoms with Gasteiger partial charge >= 0.3 is 0 Å². The Kier molecular flexibility index (Phi) is 2.86. The van der Waals surface area contributed by atoms with Gasteiger partial charge in [0.2, 0.25) is 0 Å². The van der Waals surface area contributed by atoms with E-state index in [1.54, 1.807) is 0 Å². The first-order valence-corrected chi connectivity index (χ1v) is 5.40. The Labute approximate surface area is 96.3 Å². The topological polar surface area (TPSA) is 23.9 Å². The van der Waals surface area contributed by atoms with Crippen LogP contribution in [0.1, 0.15) is 22.3 Å². The zero-order chi connectivity index (χ0) is 11.5. The Balaban J connectivity index is 2.46. The predicted octanol–water partition coefficient (Wildman–Crippen LogP) is 3.72. The largest absolute Gasteiger partial charge is 0.300 e. The highest BCUT2D eigenvalue weighted by molar-refractivity contribution is 6.11. The van der Waals surface area contributed by atoms with Gasteiger partial charge < -0.3 is 0 Å². The Morgan fingerprint density at radius 2 is 1.56 bits per heavy atom. The molecule has 2 aromatic rings. The van der Waals surface area contributed by atoms with Crippen molar-refractivity contribution in [2.24, 2.45) is 0 Å². The molecule has 0 heterocycles. The molecule has 0 atom stereocenters. The maximum atomic E-state index is 8.21. The molecule has 0 saturated carbocycles. The van der Waals surface area contributed by atoms with Crippen LogP contribution in [0.5, 0.6) is 0 Å². The average molecular weight is 209 g/mol. The number of rotatable bonds is 2. The van der Waals surface area contributed by atoms with E-state index in [9.17, 15) is 0 Å². The van der Waals surface area contributed by atoms with Crippen molar-refractivity contribution in [3.8, 4) is 0 Å². The van der Waals surface area contributed by atoms with E-state index >= 15 is 0 Å². The second kappa shape index (κ2) is 4.31. The van der Waals surface area contributed by atoms with Crippen LogP contribution in [0.3, 0.4) is 0 Å². The maximum absolute atomic E-state index is 8.21. The first-order valence-electron chi connectivity index (χ1n) is 5.40. The molecule has 2 rings (SSSR count). The SMILES string of the molecule is Cc1cccc(C(=N)c2ccccc2)c1C. The fraction of sp³-hybridized carbons (Fsp3) is 0.133. The van der Waals surface area contributed by atoms with Crippen LogP contribution >= 0.6 is 0 Å². The quantitative estimate of drug-likeness (QED) is 0.729. The van der Waals surface area contributed by atoms with E-state index in [0.717, 1.165) is 11.1 Å². The van der Waals surface area contributed by atoms with Crippen molar-refractivity contribution in [2.75, 3.05) is 0 Å². The van der Waals surface area contributed by atoms with Crippen molar-refractivity contribution in [3.63, 3.8) is 0 Å². The first-order chi connectivity index (χ1) is 7.70. The van der Waals surface area contributed by atoms with E-state index in [0.29, 0.717) is 5.71 Å². The summed E-state index contributed by atoms with van der Waals surface area (Å²) in [6.07, 6.45) is 0. The minimum atomic E-state index is 0.599. The van der Waals surface area contributed by atoms with Crippen LogP contribution in [0, 0.1) is 19.3 Å². The molecule has 0 aromatic heterocycles. The highest BCUT2D eigenvalue weighted by Crippen LogP contribution is 2.16. The third-order valence-corrected chi connectivity index (χ3v) is 2.94. The summed E-state index contributed by atoms with van der Waals surface area (Å²) in [5.74, 6) is 0. The molecule has 1 N–H and O–H groups in total. The summed E-state index contributed by atoms with van der Waals surface area (Å²) in [4.78, 5) is 0. The summed E-state index contributed by atoms with van der Waals surface area (Å²) in [5.41, 5.74) is 5.01. The Hall–Kier alpha value is -1.89. The molecule has 16 heavy (non-hydrogen) atoms. The molecule has 0 amide bonds. The van der Waals surface area contributed by atoms with E-state index in [4.69, 9.17) is 5.41 Å². The van der Waals surface area contributed by atoms with Crippen molar-refractivity contribution < 1.29 is 0 Å². The number of benzene rings is 2. The van der Waals surface area contributed by atoms with Gasteiger partial charge in [0.25, 0.3) is 0 Å². The van der Waals surface area contributed by atoms with E-state index < -0.39 is 0 Å². The second-order valence-corrected chi connectivity index (χ2v) is 3.99. The van der Waals surface area contributed by atoms with Gasteiger partial charge in [0.1, 0.15) is 0 Å². The standard InChI is InChI=1S/C15H15N/c1-11-7-6-10-14(12(11)2)15(16)13-8-4-3-5-9-13/h3-10,16H,1-2H3. The molecule has 0 spiro atoms. The Bertz CT molecular complexity index is 512. The van der Waals surface area contributed by atoms with Gasteiger partial charge in [-0.25, -0.2) is 0 Å². The van der Waals surface area contributed by atoms with Crippen molar-refractivity contribution in [3.05, 3.63) is 70.8 Å². The maximum Gasteiger partial charge on any atom is 0.0687 e. The van der Waals surface area contributed by atoms with Gasteiger partial charge in [-0.2, -0.15) is 0 Å². The number of nitrogens with one attached hydrogen (secondary N) is 1. The lowest BCUT2D eigenvalue weighted by Gasteiger charge is -2.09. The Morgan fingerprint density at radius 3 is 2.25 bits per heavy atom.